The van der Waals surface area contributed by atoms with Crippen molar-refractivity contribution < 1.29 is 13.2 Å². The third kappa shape index (κ3) is 2.68. The number of carbonyl (C=O) groups excluding carboxylic acids is 1. The molecule has 0 bridgehead atoms. The van der Waals surface area contributed by atoms with E-state index in [1.54, 1.807) is 0 Å². The summed E-state index contributed by atoms with van der Waals surface area (Å²) in [5, 5.41) is 2.64. The smallest absolute Gasteiger partial charge is 0.247 e. The fourth-order valence-corrected chi connectivity index (χ4v) is 2.49. The zero-order chi connectivity index (χ0) is 10.2. The van der Waals surface area contributed by atoms with Crippen molar-refractivity contribution in [3.63, 3.8) is 0 Å². The van der Waals surface area contributed by atoms with Crippen LogP contribution >= 0.6 is 0 Å². The molecule has 0 atom stereocenters. The van der Waals surface area contributed by atoms with E-state index < -0.39 is 15.9 Å². The van der Waals surface area contributed by atoms with Gasteiger partial charge in [-0.25, -0.2) is 8.42 Å². The second-order valence-electron chi connectivity index (χ2n) is 3.92. The summed E-state index contributed by atoms with van der Waals surface area (Å²) in [4.78, 5) is 11.2. The minimum absolute atomic E-state index is 0.108. The Hall–Kier alpha value is -0.620. The van der Waals surface area contributed by atoms with E-state index in [4.69, 9.17) is 0 Å². The molecule has 0 aromatic rings. The molecule has 0 spiro atoms. The highest BCUT2D eigenvalue weighted by atomic mass is 32.2. The topological polar surface area (TPSA) is 75.3 Å². The minimum Gasteiger partial charge on any atom is -0.306 e. The van der Waals surface area contributed by atoms with Gasteiger partial charge in [0.05, 0.1) is 11.8 Å². The summed E-state index contributed by atoms with van der Waals surface area (Å²) in [7, 11) is -3.35. The van der Waals surface area contributed by atoms with Crippen LogP contribution in [0.1, 0.15) is 25.7 Å². The van der Waals surface area contributed by atoms with Crippen LogP contribution in [0.25, 0.3) is 0 Å². The summed E-state index contributed by atoms with van der Waals surface area (Å²) in [6, 6.07) is 0.421. The molecule has 2 N–H and O–H groups in total. The van der Waals surface area contributed by atoms with Gasteiger partial charge in [-0.3, -0.25) is 9.52 Å². The molecule has 0 aromatic carbocycles. The van der Waals surface area contributed by atoms with E-state index in [-0.39, 0.29) is 11.8 Å². The molecule has 2 aliphatic rings. The summed E-state index contributed by atoms with van der Waals surface area (Å²) in [6.45, 7) is 0.108. The van der Waals surface area contributed by atoms with Gasteiger partial charge in [-0.15, -0.1) is 0 Å². The molecule has 1 amide bonds. The fourth-order valence-electron chi connectivity index (χ4n) is 1.18. The Labute approximate surface area is 83.3 Å². The fraction of sp³-hybridized carbons (Fsp3) is 0.875. The molecule has 0 aliphatic heterocycles. The van der Waals surface area contributed by atoms with Crippen molar-refractivity contribution >= 4 is 15.9 Å². The van der Waals surface area contributed by atoms with Gasteiger partial charge in [0.25, 0.3) is 0 Å². The first-order valence-corrected chi connectivity index (χ1v) is 6.40. The van der Waals surface area contributed by atoms with Gasteiger partial charge in [0.2, 0.25) is 15.9 Å². The summed E-state index contributed by atoms with van der Waals surface area (Å²) in [5.74, 6) is -0.441. The minimum atomic E-state index is -3.35. The Morgan fingerprint density at radius 3 is 2.36 bits per heavy atom. The average Bonchev–Trinajstić information content (AvgIpc) is 2.93. The second-order valence-corrected chi connectivity index (χ2v) is 5.89. The predicted molar refractivity (Wildman–Crippen MR) is 51.1 cm³/mol. The molecule has 2 saturated carbocycles. The van der Waals surface area contributed by atoms with Gasteiger partial charge in [0, 0.05) is 6.04 Å². The average molecular weight is 218 g/mol. The van der Waals surface area contributed by atoms with Crippen molar-refractivity contribution in [2.24, 2.45) is 0 Å². The van der Waals surface area contributed by atoms with Crippen molar-refractivity contribution in [2.45, 2.75) is 37.0 Å². The van der Waals surface area contributed by atoms with Crippen molar-refractivity contribution in [1.82, 2.24) is 10.0 Å². The summed E-state index contributed by atoms with van der Waals surface area (Å²) in [5.41, 5.74) is 0. The molecule has 0 saturated heterocycles. The van der Waals surface area contributed by atoms with E-state index in [9.17, 15) is 13.2 Å². The number of nitrogens with one attached hydrogen (secondary N) is 2. The summed E-state index contributed by atoms with van der Waals surface area (Å²) >= 11 is 0. The van der Waals surface area contributed by atoms with E-state index in [2.05, 4.69) is 10.0 Å². The lowest BCUT2D eigenvalue weighted by atomic mass is 10.6. The van der Waals surface area contributed by atoms with E-state index >= 15 is 0 Å². The van der Waals surface area contributed by atoms with Gasteiger partial charge in [-0.2, -0.15) is 0 Å². The molecule has 2 aliphatic carbocycles. The van der Waals surface area contributed by atoms with Crippen LogP contribution in [0.5, 0.6) is 0 Å². The number of carbonyl (C=O) groups is 1. The second kappa shape index (κ2) is 3.51. The highest BCUT2D eigenvalue weighted by Crippen LogP contribution is 2.27. The molecule has 0 unspecified atom stereocenters. The van der Waals surface area contributed by atoms with Crippen molar-refractivity contribution in [1.29, 1.82) is 0 Å². The Morgan fingerprint density at radius 1 is 1.21 bits per heavy atom. The van der Waals surface area contributed by atoms with Gasteiger partial charge >= 0.3 is 0 Å². The van der Waals surface area contributed by atoms with Crippen LogP contribution in [0.4, 0.5) is 0 Å². The van der Waals surface area contributed by atoms with Gasteiger partial charge in [0.15, 0.2) is 0 Å². The van der Waals surface area contributed by atoms with Crippen molar-refractivity contribution in [3.05, 3.63) is 0 Å². The molecule has 2 rings (SSSR count). The highest BCUT2D eigenvalue weighted by Gasteiger charge is 2.36. The van der Waals surface area contributed by atoms with Crippen LogP contribution < -0.4 is 10.0 Å². The molecule has 0 heterocycles. The molecule has 2 fully saturated rings. The number of hydrogen-bond acceptors (Lipinski definition) is 4. The lowest BCUT2D eigenvalue weighted by molar-refractivity contribution is -0.118. The van der Waals surface area contributed by atoms with E-state index in [0.29, 0.717) is 18.9 Å². The van der Waals surface area contributed by atoms with Crippen molar-refractivity contribution in [2.75, 3.05) is 6.54 Å². The normalized spacial score (nSPS) is 22.0. The van der Waals surface area contributed by atoms with E-state index in [0.717, 1.165) is 12.8 Å². The monoisotopic (exact) mass is 218 g/mol. The first-order chi connectivity index (χ1) is 6.58. The van der Waals surface area contributed by atoms with Gasteiger partial charge in [-0.05, 0) is 25.7 Å². The standard InChI is InChI=1S/C8H14N2O3S/c11-8(5-9-6-1-2-6)10-14(12,13)7-3-4-7/h6-7,9H,1-5H2,(H,10,11). The largest absolute Gasteiger partial charge is 0.306 e. The van der Waals surface area contributed by atoms with Crippen LogP contribution in [0.2, 0.25) is 0 Å². The van der Waals surface area contributed by atoms with Gasteiger partial charge in [0.1, 0.15) is 0 Å². The lowest BCUT2D eigenvalue weighted by Crippen LogP contribution is -2.39. The third-order valence-electron chi connectivity index (χ3n) is 2.35. The first-order valence-electron chi connectivity index (χ1n) is 4.86. The Balaban J connectivity index is 1.74. The van der Waals surface area contributed by atoms with E-state index in [1.807, 2.05) is 0 Å². The maximum Gasteiger partial charge on any atom is 0.247 e. The zero-order valence-electron chi connectivity index (χ0n) is 7.82. The molecular formula is C8H14N2O3S. The third-order valence-corrected chi connectivity index (χ3v) is 4.21. The van der Waals surface area contributed by atoms with Crippen LogP contribution in [0, 0.1) is 0 Å². The molecule has 6 heteroatoms. The highest BCUT2D eigenvalue weighted by molar-refractivity contribution is 7.90. The van der Waals surface area contributed by atoms with Gasteiger partial charge < -0.3 is 5.32 Å². The quantitative estimate of drug-likeness (QED) is 0.643. The van der Waals surface area contributed by atoms with Gasteiger partial charge in [-0.1, -0.05) is 0 Å². The number of amides is 1. The zero-order valence-corrected chi connectivity index (χ0v) is 8.64. The molecular weight excluding hydrogens is 204 g/mol. The van der Waals surface area contributed by atoms with Crippen LogP contribution in [-0.2, 0) is 14.8 Å². The van der Waals surface area contributed by atoms with Crippen LogP contribution in [0.15, 0.2) is 0 Å². The molecule has 5 nitrogen and oxygen atoms in total. The molecule has 80 valence electrons. The first kappa shape index (κ1) is 9.92. The number of hydrogen-bond donors (Lipinski definition) is 2. The van der Waals surface area contributed by atoms with Crippen LogP contribution in [0.3, 0.4) is 0 Å². The Kier molecular flexibility index (Phi) is 2.48. The maximum absolute atomic E-state index is 11.3. The SMILES string of the molecule is O=C(CNC1CC1)NS(=O)(=O)C1CC1. The van der Waals surface area contributed by atoms with E-state index in [1.165, 1.54) is 0 Å². The van der Waals surface area contributed by atoms with Crippen LogP contribution in [-0.4, -0.2) is 32.2 Å². The molecule has 14 heavy (non-hydrogen) atoms. The number of rotatable bonds is 5. The predicted octanol–water partition coefficient (Wildman–Crippen LogP) is -0.653. The summed E-state index contributed by atoms with van der Waals surface area (Å²) < 4.78 is 24.7. The Morgan fingerprint density at radius 2 is 1.86 bits per heavy atom. The number of sulfonamides is 1. The molecule has 0 aromatic heterocycles. The lowest BCUT2D eigenvalue weighted by Gasteiger charge is -2.05. The maximum atomic E-state index is 11.3. The summed E-state index contributed by atoms with van der Waals surface area (Å²) in [6.07, 6.45) is 3.53. The molecule has 0 radical (unpaired) electrons. The van der Waals surface area contributed by atoms with Crippen molar-refractivity contribution in [3.8, 4) is 0 Å². The Bertz CT molecular complexity index is 330.